The highest BCUT2D eigenvalue weighted by atomic mass is 32.1. The van der Waals surface area contributed by atoms with Crippen LogP contribution < -0.4 is 15.4 Å². The van der Waals surface area contributed by atoms with Crippen LogP contribution in [0.3, 0.4) is 0 Å². The van der Waals surface area contributed by atoms with Crippen molar-refractivity contribution in [3.8, 4) is 33.2 Å². The highest BCUT2D eigenvalue weighted by Gasteiger charge is 2.12. The molecule has 2 N–H and O–H groups in total. The molecule has 0 unspecified atom stereocenters. The van der Waals surface area contributed by atoms with E-state index in [0.29, 0.717) is 22.6 Å². The number of pyridine rings is 2. The van der Waals surface area contributed by atoms with Gasteiger partial charge in [-0.15, -0.1) is 11.3 Å². The molecule has 0 aliphatic heterocycles. The van der Waals surface area contributed by atoms with E-state index < -0.39 is 0 Å². The zero-order chi connectivity index (χ0) is 25.1. The number of thiophene rings is 1. The summed E-state index contributed by atoms with van der Waals surface area (Å²) in [6.45, 7) is 0. The smallest absolute Gasteiger partial charge is 0.251 e. The average molecular weight is 495 g/mol. The lowest BCUT2D eigenvalue weighted by Crippen LogP contribution is -2.17. The molecule has 3 aromatic heterocycles. The summed E-state index contributed by atoms with van der Waals surface area (Å²) < 4.78 is 7.09. The van der Waals surface area contributed by atoms with Crippen molar-refractivity contribution >= 4 is 33.4 Å². The van der Waals surface area contributed by atoms with Crippen LogP contribution in [0.25, 0.3) is 31.9 Å². The van der Waals surface area contributed by atoms with E-state index in [2.05, 4.69) is 20.6 Å². The molecular formula is C28H22N4O3S. The van der Waals surface area contributed by atoms with Gasteiger partial charge in [-0.2, -0.15) is 0 Å². The van der Waals surface area contributed by atoms with Crippen LogP contribution in [-0.2, 0) is 0 Å². The number of amides is 2. The minimum atomic E-state index is -0.125. The van der Waals surface area contributed by atoms with Crippen molar-refractivity contribution in [2.45, 2.75) is 0 Å². The van der Waals surface area contributed by atoms with Crippen molar-refractivity contribution in [1.29, 1.82) is 0 Å². The Morgan fingerprint density at radius 2 is 1.42 bits per heavy atom. The second-order valence-corrected chi connectivity index (χ2v) is 8.98. The molecule has 0 aliphatic carbocycles. The monoisotopic (exact) mass is 494 g/mol. The summed E-state index contributed by atoms with van der Waals surface area (Å²) in [4.78, 5) is 33.6. The Balaban J connectivity index is 1.36. The molecule has 2 amide bonds. The molecule has 2 aromatic carbocycles. The summed E-state index contributed by atoms with van der Waals surface area (Å²) >= 11 is 1.58. The zero-order valence-corrected chi connectivity index (χ0v) is 20.4. The number of hydrogen-bond acceptors (Lipinski definition) is 6. The maximum absolute atomic E-state index is 11.8. The fourth-order valence-corrected chi connectivity index (χ4v) is 4.81. The Labute approximate surface area is 211 Å². The Morgan fingerprint density at radius 1 is 0.778 bits per heavy atom. The third kappa shape index (κ3) is 4.67. The molecule has 5 aromatic rings. The Kier molecular flexibility index (Phi) is 6.42. The van der Waals surface area contributed by atoms with E-state index in [4.69, 9.17) is 4.74 Å². The number of carbonyl (C=O) groups excluding carboxylic acids is 2. The number of rotatable bonds is 6. The van der Waals surface area contributed by atoms with E-state index in [1.807, 2.05) is 60.7 Å². The zero-order valence-electron chi connectivity index (χ0n) is 19.6. The first kappa shape index (κ1) is 23.2. The van der Waals surface area contributed by atoms with Crippen LogP contribution in [0.5, 0.6) is 11.5 Å². The quantitative estimate of drug-likeness (QED) is 0.323. The summed E-state index contributed by atoms with van der Waals surface area (Å²) in [6, 6.07) is 22.4. The van der Waals surface area contributed by atoms with Crippen LogP contribution in [0, 0.1) is 0 Å². The summed E-state index contributed by atoms with van der Waals surface area (Å²) in [7, 11) is 3.22. The Morgan fingerprint density at radius 3 is 2.00 bits per heavy atom. The van der Waals surface area contributed by atoms with Crippen LogP contribution in [0.15, 0.2) is 85.2 Å². The predicted molar refractivity (Wildman–Crippen MR) is 142 cm³/mol. The third-order valence-electron chi connectivity index (χ3n) is 5.67. The molecule has 0 bridgehead atoms. The van der Waals surface area contributed by atoms with E-state index >= 15 is 0 Å². The highest BCUT2D eigenvalue weighted by molar-refractivity contribution is 7.22. The first-order valence-electron chi connectivity index (χ1n) is 11.2. The van der Waals surface area contributed by atoms with E-state index in [0.717, 1.165) is 31.9 Å². The van der Waals surface area contributed by atoms with Crippen molar-refractivity contribution in [3.63, 3.8) is 0 Å². The number of ether oxygens (including phenoxy) is 1. The van der Waals surface area contributed by atoms with Gasteiger partial charge >= 0.3 is 0 Å². The lowest BCUT2D eigenvalue weighted by molar-refractivity contribution is 0.0955. The first-order chi connectivity index (χ1) is 17.6. The average Bonchev–Trinajstić information content (AvgIpc) is 3.38. The van der Waals surface area contributed by atoms with Crippen LogP contribution >= 0.6 is 11.3 Å². The standard InChI is InChI=1S/C28H22N4O3S/c1-29-27(33)19-7-3-17(4-8-19)22-12-11-21(16-32-22)35-24-13-14-31-23-15-25(36-26(23)24)18-5-9-20(10-6-18)28(34)30-2/h3-16H,1-2H3,(H,29,33)(H,30,34). The van der Waals surface area contributed by atoms with Gasteiger partial charge in [-0.1, -0.05) is 24.3 Å². The molecule has 0 radical (unpaired) electrons. The number of hydrogen-bond donors (Lipinski definition) is 2. The second-order valence-electron chi connectivity index (χ2n) is 7.93. The SMILES string of the molecule is CNC(=O)c1ccc(-c2ccc(Oc3ccnc4cc(-c5ccc(C(=O)NC)cc5)sc34)cn2)cc1. The molecule has 0 spiro atoms. The van der Waals surface area contributed by atoms with Crippen molar-refractivity contribution in [3.05, 3.63) is 96.3 Å². The number of fused-ring (bicyclic) bond motifs is 1. The van der Waals surface area contributed by atoms with Crippen LogP contribution in [0.4, 0.5) is 0 Å². The van der Waals surface area contributed by atoms with Gasteiger partial charge < -0.3 is 15.4 Å². The van der Waals surface area contributed by atoms with Crippen LogP contribution in [0.1, 0.15) is 20.7 Å². The van der Waals surface area contributed by atoms with Gasteiger partial charge in [0.2, 0.25) is 0 Å². The van der Waals surface area contributed by atoms with Gasteiger partial charge in [0, 0.05) is 47.9 Å². The van der Waals surface area contributed by atoms with Gasteiger partial charge in [0.1, 0.15) is 11.5 Å². The normalized spacial score (nSPS) is 10.7. The van der Waals surface area contributed by atoms with E-state index in [1.54, 1.807) is 50.0 Å². The third-order valence-corrected chi connectivity index (χ3v) is 6.86. The number of benzene rings is 2. The van der Waals surface area contributed by atoms with Gasteiger partial charge in [0.15, 0.2) is 0 Å². The fourth-order valence-electron chi connectivity index (χ4n) is 3.74. The summed E-state index contributed by atoms with van der Waals surface area (Å²) in [5, 5.41) is 5.24. The number of carbonyl (C=O) groups is 2. The summed E-state index contributed by atoms with van der Waals surface area (Å²) in [6.07, 6.45) is 3.40. The largest absolute Gasteiger partial charge is 0.454 e. The summed E-state index contributed by atoms with van der Waals surface area (Å²) in [5.41, 5.74) is 4.74. The maximum atomic E-state index is 11.8. The van der Waals surface area contributed by atoms with E-state index in [-0.39, 0.29) is 11.8 Å². The molecule has 3 heterocycles. The predicted octanol–water partition coefficient (Wildman–Crippen LogP) is 5.54. The van der Waals surface area contributed by atoms with Crippen molar-refractivity contribution in [2.24, 2.45) is 0 Å². The van der Waals surface area contributed by atoms with E-state index in [1.165, 1.54) is 0 Å². The van der Waals surface area contributed by atoms with Crippen molar-refractivity contribution in [1.82, 2.24) is 20.6 Å². The molecule has 0 fully saturated rings. The van der Waals surface area contributed by atoms with Gasteiger partial charge in [0.25, 0.3) is 11.8 Å². The number of nitrogens with zero attached hydrogens (tertiary/aromatic N) is 2. The lowest BCUT2D eigenvalue weighted by Gasteiger charge is -2.07. The van der Waals surface area contributed by atoms with Gasteiger partial charge in [0.05, 0.1) is 22.1 Å². The molecule has 36 heavy (non-hydrogen) atoms. The van der Waals surface area contributed by atoms with Crippen molar-refractivity contribution < 1.29 is 14.3 Å². The fraction of sp³-hybridized carbons (Fsp3) is 0.0714. The highest BCUT2D eigenvalue weighted by Crippen LogP contribution is 2.39. The minimum absolute atomic E-state index is 0.115. The molecule has 0 saturated heterocycles. The lowest BCUT2D eigenvalue weighted by atomic mass is 10.1. The number of nitrogens with one attached hydrogen (secondary N) is 2. The summed E-state index contributed by atoms with van der Waals surface area (Å²) in [5.74, 6) is 1.07. The molecule has 8 heteroatoms. The van der Waals surface area contributed by atoms with Gasteiger partial charge in [-0.05, 0) is 48.0 Å². The maximum Gasteiger partial charge on any atom is 0.251 e. The molecule has 0 atom stereocenters. The van der Waals surface area contributed by atoms with Crippen LogP contribution in [0.2, 0.25) is 0 Å². The van der Waals surface area contributed by atoms with Gasteiger partial charge in [-0.3, -0.25) is 19.6 Å². The number of aromatic nitrogens is 2. The Bertz CT molecular complexity index is 1540. The van der Waals surface area contributed by atoms with Crippen LogP contribution in [-0.4, -0.2) is 35.9 Å². The molecular weight excluding hydrogens is 472 g/mol. The molecule has 0 aliphatic rings. The topological polar surface area (TPSA) is 93.2 Å². The Hall–Kier alpha value is -4.56. The molecule has 7 nitrogen and oxygen atoms in total. The second kappa shape index (κ2) is 9.97. The van der Waals surface area contributed by atoms with Crippen molar-refractivity contribution in [2.75, 3.05) is 14.1 Å². The first-order valence-corrected chi connectivity index (χ1v) is 12.0. The van der Waals surface area contributed by atoms with E-state index in [9.17, 15) is 9.59 Å². The molecule has 178 valence electrons. The van der Waals surface area contributed by atoms with Gasteiger partial charge in [-0.25, -0.2) is 0 Å². The minimum Gasteiger partial charge on any atom is -0.454 e. The molecule has 5 rings (SSSR count). The molecule has 0 saturated carbocycles.